The summed E-state index contributed by atoms with van der Waals surface area (Å²) in [6, 6.07) is 107. The Balaban J connectivity index is 1.68. The molecular formula is C54H49P3Rh. The molecule has 0 atom stereocenters. The molecule has 0 unspecified atom stereocenters. The van der Waals surface area contributed by atoms with Crippen LogP contribution in [0.5, 0.6) is 0 Å². The van der Waals surface area contributed by atoms with Crippen molar-refractivity contribution in [3.63, 3.8) is 0 Å². The number of rotatable bonds is 12. The molecule has 0 amide bonds. The van der Waals surface area contributed by atoms with Crippen molar-refractivity contribution in [2.24, 2.45) is 0 Å². The fraction of sp³-hybridized carbons (Fsp3) is 0. The first-order chi connectivity index (χ1) is 28.8. The molecule has 0 radical (unpaired) electrons. The van der Waals surface area contributed by atoms with Crippen LogP contribution in [0.25, 0.3) is 0 Å². The molecule has 0 aromatic heterocycles. The van der Waals surface area contributed by atoms with E-state index in [4.69, 9.17) is 0 Å². The van der Waals surface area contributed by atoms with Gasteiger partial charge >= 0.3 is 352 Å². The maximum atomic E-state index is 2.51. The summed E-state index contributed by atoms with van der Waals surface area (Å²) < 4.78 is 0. The van der Waals surface area contributed by atoms with E-state index in [1.165, 1.54) is 47.7 Å². The summed E-state index contributed by atoms with van der Waals surface area (Å²) in [5.74, 6) is 0. The third-order valence-electron chi connectivity index (χ3n) is 11.3. The van der Waals surface area contributed by atoms with Crippen LogP contribution in [0.3, 0.4) is 0 Å². The summed E-state index contributed by atoms with van der Waals surface area (Å²) in [6.45, 7) is 0. The summed E-state index contributed by atoms with van der Waals surface area (Å²) in [5, 5.41) is 13.4. The van der Waals surface area contributed by atoms with Gasteiger partial charge in [-0.2, -0.15) is 0 Å². The first-order valence-corrected chi connectivity index (χ1v) is 33.4. The van der Waals surface area contributed by atoms with Gasteiger partial charge in [0.1, 0.15) is 0 Å². The van der Waals surface area contributed by atoms with Gasteiger partial charge in [0.2, 0.25) is 0 Å². The minimum absolute atomic E-state index is 1.49. The Hall–Kier alpha value is -5.11. The second kappa shape index (κ2) is 17.4. The Labute approximate surface area is 349 Å². The zero-order valence-electron chi connectivity index (χ0n) is 32.3. The molecule has 0 spiro atoms. The van der Waals surface area contributed by atoms with Crippen molar-refractivity contribution in [2.75, 3.05) is 0 Å². The normalized spacial score (nSPS) is 13.6. The van der Waals surface area contributed by atoms with Crippen LogP contribution in [0.4, 0.5) is 0 Å². The number of benzene rings is 9. The van der Waals surface area contributed by atoms with E-state index in [1.54, 1.807) is 0 Å². The summed E-state index contributed by atoms with van der Waals surface area (Å²) in [5.41, 5.74) is -9.46. The fourth-order valence-corrected chi connectivity index (χ4v) is 105. The monoisotopic (exact) mass is 893 g/mol. The van der Waals surface area contributed by atoms with E-state index in [2.05, 4.69) is 273 Å². The molecule has 0 nitrogen and oxygen atoms in total. The van der Waals surface area contributed by atoms with Gasteiger partial charge in [0, 0.05) is 0 Å². The van der Waals surface area contributed by atoms with Crippen molar-refractivity contribution in [3.8, 4) is 0 Å². The average Bonchev–Trinajstić information content (AvgIpc) is 3.33. The topological polar surface area (TPSA) is 0 Å². The van der Waals surface area contributed by atoms with Crippen LogP contribution in [0.15, 0.2) is 273 Å². The second-order valence-corrected chi connectivity index (χ2v) is 49.1. The van der Waals surface area contributed by atoms with Crippen LogP contribution in [0, 0.1) is 0 Å². The van der Waals surface area contributed by atoms with E-state index >= 15 is 0 Å². The molecule has 289 valence electrons. The van der Waals surface area contributed by atoms with Gasteiger partial charge in [-0.1, -0.05) is 0 Å². The zero-order chi connectivity index (χ0) is 39.1. The molecule has 0 fully saturated rings. The molecule has 0 aliphatic heterocycles. The van der Waals surface area contributed by atoms with E-state index in [9.17, 15) is 0 Å². The predicted octanol–water partition coefficient (Wildman–Crippen LogP) is 9.26. The SMILES string of the molecule is c1ccc([PH](c2ccccc2)(c2ccccc2)[RhH]([PH](c2ccccc2)(c2ccccc2)c2ccccc2)[PH](c2ccccc2)(c2ccccc2)c2ccccc2)cc1. The van der Waals surface area contributed by atoms with Gasteiger partial charge in [0.25, 0.3) is 0 Å². The second-order valence-electron chi connectivity index (χ2n) is 14.5. The van der Waals surface area contributed by atoms with Gasteiger partial charge in [-0.15, -0.1) is 0 Å². The molecule has 9 aromatic rings. The van der Waals surface area contributed by atoms with Gasteiger partial charge in [-0.05, 0) is 0 Å². The molecule has 9 aromatic carbocycles. The van der Waals surface area contributed by atoms with Crippen molar-refractivity contribution in [2.45, 2.75) is 0 Å². The molecule has 0 aliphatic carbocycles. The van der Waals surface area contributed by atoms with Gasteiger partial charge in [-0.25, -0.2) is 0 Å². The fourth-order valence-electron chi connectivity index (χ4n) is 8.99. The van der Waals surface area contributed by atoms with Gasteiger partial charge in [-0.3, -0.25) is 0 Å². The van der Waals surface area contributed by atoms with Crippen LogP contribution >= 0.6 is 16.8 Å². The van der Waals surface area contributed by atoms with Crippen LogP contribution in [-0.4, -0.2) is 0 Å². The van der Waals surface area contributed by atoms with Gasteiger partial charge in [0.05, 0.1) is 0 Å². The molecule has 0 saturated carbocycles. The number of hydrogen-bond acceptors (Lipinski definition) is 0. The molecular weight excluding hydrogens is 844 g/mol. The van der Waals surface area contributed by atoms with E-state index < -0.39 is 31.3 Å². The van der Waals surface area contributed by atoms with E-state index in [0.29, 0.717) is 0 Å². The third-order valence-corrected chi connectivity index (χ3v) is 76.4. The minimum atomic E-state index is -3.15. The number of hydrogen-bond donors (Lipinski definition) is 0. The molecule has 9 rings (SSSR count). The van der Waals surface area contributed by atoms with Gasteiger partial charge < -0.3 is 0 Å². The Kier molecular flexibility index (Phi) is 11.5. The van der Waals surface area contributed by atoms with E-state index in [-0.39, 0.29) is 0 Å². The van der Waals surface area contributed by atoms with Crippen LogP contribution in [0.2, 0.25) is 0 Å². The van der Waals surface area contributed by atoms with Gasteiger partial charge in [0.15, 0.2) is 0 Å². The molecule has 0 heterocycles. The molecule has 0 saturated heterocycles. The molecule has 4 heteroatoms. The van der Waals surface area contributed by atoms with Crippen molar-refractivity contribution >= 4 is 64.5 Å². The van der Waals surface area contributed by atoms with Crippen molar-refractivity contribution in [1.82, 2.24) is 0 Å². The first kappa shape index (κ1) is 38.4. The molecule has 58 heavy (non-hydrogen) atoms. The molecule has 0 aliphatic rings. The third kappa shape index (κ3) is 6.57. The van der Waals surface area contributed by atoms with E-state index in [1.807, 2.05) is 0 Å². The Morgan fingerprint density at radius 2 is 0.259 bits per heavy atom. The Morgan fingerprint density at radius 1 is 0.155 bits per heavy atom. The standard InChI is InChI=1S/3C18H15P.Rh.H/c3*1-4-10-16(11-5-1)19(17-12-6-2-7-13-17)18-14-8-3-9-15-18;;/h3*1-15H;;/q;;;-3;/p+3. The summed E-state index contributed by atoms with van der Waals surface area (Å²) >= 11 is -2.70. The molecule has 0 bridgehead atoms. The maximum absolute atomic E-state index is 3.15. The van der Waals surface area contributed by atoms with Crippen molar-refractivity contribution < 1.29 is 14.5 Å². The quantitative estimate of drug-likeness (QED) is 0.0849. The van der Waals surface area contributed by atoms with E-state index in [0.717, 1.165) is 0 Å². The van der Waals surface area contributed by atoms with Crippen LogP contribution in [0.1, 0.15) is 0 Å². The van der Waals surface area contributed by atoms with Crippen molar-refractivity contribution in [1.29, 1.82) is 0 Å². The average molecular weight is 894 g/mol. The zero-order valence-corrected chi connectivity index (χ0v) is 37.1. The van der Waals surface area contributed by atoms with Crippen LogP contribution < -0.4 is 47.7 Å². The Bertz CT molecular complexity index is 2040. The molecule has 0 N–H and O–H groups in total. The predicted molar refractivity (Wildman–Crippen MR) is 261 cm³/mol. The van der Waals surface area contributed by atoms with Crippen molar-refractivity contribution in [3.05, 3.63) is 273 Å². The summed E-state index contributed by atoms with van der Waals surface area (Å²) in [6.07, 6.45) is 0. The van der Waals surface area contributed by atoms with Crippen LogP contribution in [-0.2, 0) is 14.5 Å². The summed E-state index contributed by atoms with van der Waals surface area (Å²) in [7, 11) is 0. The first-order valence-electron chi connectivity index (χ1n) is 20.0. The Morgan fingerprint density at radius 3 is 0.362 bits per heavy atom. The summed E-state index contributed by atoms with van der Waals surface area (Å²) in [4.78, 5) is 0.